The first-order valence-corrected chi connectivity index (χ1v) is 4.88. The summed E-state index contributed by atoms with van der Waals surface area (Å²) in [7, 11) is 0. The summed E-state index contributed by atoms with van der Waals surface area (Å²) in [6.45, 7) is 0.617. The highest BCUT2D eigenvalue weighted by Gasteiger charge is 2.48. The molecule has 1 aliphatic heterocycles. The number of hydrogen-bond acceptors (Lipinski definition) is 3. The summed E-state index contributed by atoms with van der Waals surface area (Å²) in [6, 6.07) is -1.68. The molecular formula is C9H15F2NO3. The van der Waals surface area contributed by atoms with Gasteiger partial charge in [-0.2, -0.15) is 0 Å². The predicted molar refractivity (Wildman–Crippen MR) is 48.9 cm³/mol. The fourth-order valence-corrected chi connectivity index (χ4v) is 2.01. The van der Waals surface area contributed by atoms with Gasteiger partial charge in [-0.3, -0.25) is 9.69 Å². The third-order valence-corrected chi connectivity index (χ3v) is 2.70. The second-order valence-electron chi connectivity index (χ2n) is 3.83. The second-order valence-corrected chi connectivity index (χ2v) is 3.83. The van der Waals surface area contributed by atoms with Crippen LogP contribution in [0.3, 0.4) is 0 Å². The van der Waals surface area contributed by atoms with Gasteiger partial charge >= 0.3 is 5.97 Å². The van der Waals surface area contributed by atoms with Crippen molar-refractivity contribution in [3.05, 3.63) is 0 Å². The number of hydrogen-bond donors (Lipinski definition) is 2. The molecule has 4 nitrogen and oxygen atoms in total. The topological polar surface area (TPSA) is 60.8 Å². The zero-order valence-corrected chi connectivity index (χ0v) is 8.49. The second kappa shape index (κ2) is 4.40. The highest BCUT2D eigenvalue weighted by Crippen LogP contribution is 2.33. The summed E-state index contributed by atoms with van der Waals surface area (Å²) in [6.07, 6.45) is -0.213. The van der Waals surface area contributed by atoms with Crippen LogP contribution in [0.5, 0.6) is 0 Å². The van der Waals surface area contributed by atoms with E-state index in [1.165, 1.54) is 4.90 Å². The number of alkyl halides is 2. The van der Waals surface area contributed by atoms with Crippen LogP contribution in [0.4, 0.5) is 8.78 Å². The van der Waals surface area contributed by atoms with Crippen LogP contribution in [0.2, 0.25) is 0 Å². The molecule has 15 heavy (non-hydrogen) atoms. The molecule has 2 N–H and O–H groups in total. The molecule has 1 rings (SSSR count). The maximum Gasteiger partial charge on any atom is 0.320 e. The number of nitrogens with zero attached hydrogens (tertiary/aromatic N) is 1. The number of halogens is 2. The average Bonchev–Trinajstić information content (AvgIpc) is 2.42. The van der Waals surface area contributed by atoms with Crippen LogP contribution in [-0.4, -0.2) is 52.2 Å². The molecule has 2 atom stereocenters. The Morgan fingerprint density at radius 2 is 2.27 bits per heavy atom. The van der Waals surface area contributed by atoms with E-state index in [1.54, 1.807) is 6.92 Å². The van der Waals surface area contributed by atoms with Gasteiger partial charge in [0.2, 0.25) is 0 Å². The van der Waals surface area contributed by atoms with Crippen LogP contribution in [0.15, 0.2) is 0 Å². The van der Waals surface area contributed by atoms with Crippen LogP contribution in [0.1, 0.15) is 19.8 Å². The Morgan fingerprint density at radius 3 is 2.67 bits per heavy atom. The minimum atomic E-state index is -2.89. The maximum atomic E-state index is 13.0. The molecule has 6 heteroatoms. The SMILES string of the molecule is CC[C@@H](C(=O)O)N1CC(F)(F)C[C@H]1CO. The van der Waals surface area contributed by atoms with Gasteiger partial charge in [-0.1, -0.05) is 6.92 Å². The molecular weight excluding hydrogens is 208 g/mol. The van der Waals surface area contributed by atoms with E-state index in [-0.39, 0.29) is 6.42 Å². The highest BCUT2D eigenvalue weighted by atomic mass is 19.3. The zero-order valence-electron chi connectivity index (χ0n) is 8.49. The van der Waals surface area contributed by atoms with E-state index in [4.69, 9.17) is 10.2 Å². The van der Waals surface area contributed by atoms with Gasteiger partial charge in [0.1, 0.15) is 6.04 Å². The first-order valence-electron chi connectivity index (χ1n) is 4.88. The quantitative estimate of drug-likeness (QED) is 0.730. The largest absolute Gasteiger partial charge is 0.480 e. The van der Waals surface area contributed by atoms with Gasteiger partial charge < -0.3 is 10.2 Å². The number of likely N-dealkylation sites (tertiary alicyclic amines) is 1. The van der Waals surface area contributed by atoms with Gasteiger partial charge in [0.05, 0.1) is 13.2 Å². The Bertz CT molecular complexity index is 248. The first kappa shape index (κ1) is 12.3. The fourth-order valence-electron chi connectivity index (χ4n) is 2.01. The summed E-state index contributed by atoms with van der Waals surface area (Å²) < 4.78 is 26.1. The average molecular weight is 223 g/mol. The lowest BCUT2D eigenvalue weighted by atomic mass is 10.1. The van der Waals surface area contributed by atoms with Crippen molar-refractivity contribution in [3.8, 4) is 0 Å². The Labute approximate surface area is 86.5 Å². The normalized spacial score (nSPS) is 27.9. The Kier molecular flexibility index (Phi) is 3.62. The van der Waals surface area contributed by atoms with Crippen molar-refractivity contribution in [1.29, 1.82) is 0 Å². The Balaban J connectivity index is 2.79. The molecule has 1 heterocycles. The van der Waals surface area contributed by atoms with Crippen molar-refractivity contribution in [2.24, 2.45) is 0 Å². The summed E-state index contributed by atoms with van der Waals surface area (Å²) >= 11 is 0. The molecule has 0 bridgehead atoms. The van der Waals surface area contributed by atoms with Crippen molar-refractivity contribution < 1.29 is 23.8 Å². The molecule has 88 valence electrons. The number of aliphatic hydroxyl groups excluding tert-OH is 1. The molecule has 0 aromatic carbocycles. The van der Waals surface area contributed by atoms with Crippen molar-refractivity contribution in [3.63, 3.8) is 0 Å². The molecule has 1 fully saturated rings. The van der Waals surface area contributed by atoms with Crippen molar-refractivity contribution in [1.82, 2.24) is 4.90 Å². The molecule has 1 aliphatic rings. The zero-order chi connectivity index (χ0) is 11.6. The molecule has 0 spiro atoms. The van der Waals surface area contributed by atoms with Gasteiger partial charge in [0, 0.05) is 12.5 Å². The highest BCUT2D eigenvalue weighted by molar-refractivity contribution is 5.73. The van der Waals surface area contributed by atoms with E-state index in [2.05, 4.69) is 0 Å². The smallest absolute Gasteiger partial charge is 0.320 e. The fraction of sp³-hybridized carbons (Fsp3) is 0.889. The number of aliphatic hydroxyl groups is 1. The minimum Gasteiger partial charge on any atom is -0.480 e. The molecule has 0 radical (unpaired) electrons. The van der Waals surface area contributed by atoms with Crippen LogP contribution in [-0.2, 0) is 4.79 Å². The Hall–Kier alpha value is -0.750. The van der Waals surface area contributed by atoms with Crippen LogP contribution in [0.25, 0.3) is 0 Å². The van der Waals surface area contributed by atoms with E-state index >= 15 is 0 Å². The van der Waals surface area contributed by atoms with E-state index in [1.807, 2.05) is 0 Å². The monoisotopic (exact) mass is 223 g/mol. The van der Waals surface area contributed by atoms with E-state index in [0.717, 1.165) is 0 Å². The van der Waals surface area contributed by atoms with Crippen molar-refractivity contribution in [2.45, 2.75) is 37.8 Å². The standard InChI is InChI=1S/C9H15F2NO3/c1-2-7(8(14)15)12-5-9(10,11)3-6(12)4-13/h6-7,13H,2-5H2,1H3,(H,14,15)/t6-,7-/m0/s1. The van der Waals surface area contributed by atoms with Gasteiger partial charge in [-0.15, -0.1) is 0 Å². The molecule has 0 aromatic heterocycles. The van der Waals surface area contributed by atoms with E-state index in [9.17, 15) is 13.6 Å². The van der Waals surface area contributed by atoms with Crippen LogP contribution in [0, 0.1) is 0 Å². The minimum absolute atomic E-state index is 0.252. The van der Waals surface area contributed by atoms with E-state index in [0.29, 0.717) is 0 Å². The van der Waals surface area contributed by atoms with E-state index < -0.39 is 43.5 Å². The summed E-state index contributed by atoms with van der Waals surface area (Å²) in [5.74, 6) is -4.01. The number of carboxylic acid groups (broad SMARTS) is 1. The third kappa shape index (κ3) is 2.63. The van der Waals surface area contributed by atoms with Crippen LogP contribution < -0.4 is 0 Å². The number of carbonyl (C=O) groups is 1. The lowest BCUT2D eigenvalue weighted by Crippen LogP contribution is -2.45. The molecule has 0 aromatic rings. The summed E-state index contributed by atoms with van der Waals surface area (Å²) in [4.78, 5) is 12.0. The third-order valence-electron chi connectivity index (χ3n) is 2.70. The lowest BCUT2D eigenvalue weighted by Gasteiger charge is -2.27. The molecule has 0 aliphatic carbocycles. The number of aliphatic carboxylic acids is 1. The predicted octanol–water partition coefficient (Wildman–Crippen LogP) is 0.552. The first-order chi connectivity index (χ1) is 6.91. The molecule has 0 saturated carbocycles. The lowest BCUT2D eigenvalue weighted by molar-refractivity contribution is -0.144. The Morgan fingerprint density at radius 1 is 1.67 bits per heavy atom. The summed E-state index contributed by atoms with van der Waals surface area (Å²) in [5, 5.41) is 17.8. The van der Waals surface area contributed by atoms with Crippen molar-refractivity contribution >= 4 is 5.97 Å². The molecule has 0 amide bonds. The van der Waals surface area contributed by atoms with Gasteiger partial charge in [-0.25, -0.2) is 8.78 Å². The maximum absolute atomic E-state index is 13.0. The number of rotatable bonds is 4. The molecule has 0 unspecified atom stereocenters. The van der Waals surface area contributed by atoms with Gasteiger partial charge in [0.15, 0.2) is 0 Å². The summed E-state index contributed by atoms with van der Waals surface area (Å²) in [5.41, 5.74) is 0. The molecule has 1 saturated heterocycles. The van der Waals surface area contributed by atoms with Gasteiger partial charge in [0.25, 0.3) is 5.92 Å². The van der Waals surface area contributed by atoms with Gasteiger partial charge in [-0.05, 0) is 6.42 Å². The van der Waals surface area contributed by atoms with Crippen LogP contribution >= 0.6 is 0 Å². The number of carboxylic acids is 1. The van der Waals surface area contributed by atoms with Crippen molar-refractivity contribution in [2.75, 3.05) is 13.2 Å².